The normalized spacial score (nSPS) is 11.1. The smallest absolute Gasteiger partial charge is 0.257 e. The van der Waals surface area contributed by atoms with E-state index in [9.17, 15) is 9.59 Å². The van der Waals surface area contributed by atoms with Gasteiger partial charge < -0.3 is 16.4 Å². The highest BCUT2D eigenvalue weighted by molar-refractivity contribution is 6.11. The first-order chi connectivity index (χ1) is 20.0. The van der Waals surface area contributed by atoms with Crippen molar-refractivity contribution in [2.75, 3.05) is 16.4 Å². The number of nitrogens with two attached hydrogens (primary N) is 1. The van der Waals surface area contributed by atoms with Crippen LogP contribution in [0.1, 0.15) is 60.2 Å². The molecule has 5 rings (SSSR count). The third kappa shape index (κ3) is 6.35. The molecule has 4 N–H and O–H groups in total. The summed E-state index contributed by atoms with van der Waals surface area (Å²) in [6.07, 6.45) is 8.64. The minimum atomic E-state index is -0.325. The zero-order valence-electron chi connectivity index (χ0n) is 23.7. The Kier molecular flexibility index (Phi) is 8.53. The van der Waals surface area contributed by atoms with Crippen molar-refractivity contribution >= 4 is 50.7 Å². The third-order valence-electron chi connectivity index (χ3n) is 7.34. The summed E-state index contributed by atoms with van der Waals surface area (Å²) in [6.45, 7) is 6.27. The maximum atomic E-state index is 13.1. The quantitative estimate of drug-likeness (QED) is 0.142. The van der Waals surface area contributed by atoms with Gasteiger partial charge in [-0.25, -0.2) is 0 Å². The van der Waals surface area contributed by atoms with Crippen LogP contribution in [-0.4, -0.2) is 11.8 Å². The number of anilines is 3. The summed E-state index contributed by atoms with van der Waals surface area (Å²) < 4.78 is 4.46. The fraction of sp³-hybridized carbons (Fsp3) is 0.235. The van der Waals surface area contributed by atoms with Gasteiger partial charge in [0.05, 0.1) is 5.56 Å². The van der Waals surface area contributed by atoms with Gasteiger partial charge in [0.15, 0.2) is 12.4 Å². The van der Waals surface area contributed by atoms with E-state index in [2.05, 4.69) is 46.0 Å². The highest BCUT2D eigenvalue weighted by Gasteiger charge is 2.16. The predicted molar refractivity (Wildman–Crippen MR) is 165 cm³/mol. The second-order valence-corrected chi connectivity index (χ2v) is 10.4. The number of aryl methyl sites for hydroxylation is 2. The summed E-state index contributed by atoms with van der Waals surface area (Å²) in [6, 6.07) is 24.7. The molecule has 2 amide bonds. The topological polar surface area (TPSA) is 92.0 Å². The van der Waals surface area contributed by atoms with E-state index in [-0.39, 0.29) is 17.5 Å². The average molecular weight is 548 g/mol. The van der Waals surface area contributed by atoms with Crippen LogP contribution in [0.5, 0.6) is 0 Å². The van der Waals surface area contributed by atoms with E-state index in [0.717, 1.165) is 60.6 Å². The number of pyridine rings is 2. The molecular formula is C34H37N5O2+2. The van der Waals surface area contributed by atoms with Gasteiger partial charge in [-0.2, -0.15) is 9.13 Å². The van der Waals surface area contributed by atoms with E-state index >= 15 is 0 Å². The van der Waals surface area contributed by atoms with Crippen LogP contribution in [0.3, 0.4) is 0 Å². The molecule has 0 fully saturated rings. The van der Waals surface area contributed by atoms with Gasteiger partial charge in [0.2, 0.25) is 11.0 Å². The van der Waals surface area contributed by atoms with Crippen LogP contribution in [-0.2, 0) is 13.1 Å². The lowest BCUT2D eigenvalue weighted by Crippen LogP contribution is -2.33. The maximum absolute atomic E-state index is 13.1. The third-order valence-corrected chi connectivity index (χ3v) is 7.34. The van der Waals surface area contributed by atoms with Gasteiger partial charge >= 0.3 is 0 Å². The van der Waals surface area contributed by atoms with Gasteiger partial charge in [-0.1, -0.05) is 26.7 Å². The summed E-state index contributed by atoms with van der Waals surface area (Å²) >= 11 is 0. The van der Waals surface area contributed by atoms with E-state index < -0.39 is 0 Å². The Morgan fingerprint density at radius 3 is 1.73 bits per heavy atom. The van der Waals surface area contributed by atoms with E-state index in [1.165, 1.54) is 0 Å². The number of fused-ring (bicyclic) bond motifs is 2. The first kappa shape index (κ1) is 27.8. The van der Waals surface area contributed by atoms with E-state index in [1.807, 2.05) is 60.7 Å². The number of carbonyl (C=O) groups excluding carboxylic acids is 2. The zero-order chi connectivity index (χ0) is 28.8. The number of nitrogens with one attached hydrogen (secondary N) is 2. The highest BCUT2D eigenvalue weighted by Crippen LogP contribution is 2.22. The van der Waals surface area contributed by atoms with Gasteiger partial charge in [0.1, 0.15) is 13.1 Å². The van der Waals surface area contributed by atoms with Crippen LogP contribution < -0.4 is 25.5 Å². The van der Waals surface area contributed by atoms with Crippen LogP contribution in [0.25, 0.3) is 21.8 Å². The number of aromatic nitrogens is 2. The molecule has 7 nitrogen and oxygen atoms in total. The second kappa shape index (κ2) is 12.6. The highest BCUT2D eigenvalue weighted by atomic mass is 16.2. The number of rotatable bonds is 10. The maximum Gasteiger partial charge on any atom is 0.257 e. The van der Waals surface area contributed by atoms with Crippen LogP contribution in [0.4, 0.5) is 17.1 Å². The van der Waals surface area contributed by atoms with Crippen LogP contribution in [0, 0.1) is 0 Å². The summed E-state index contributed by atoms with van der Waals surface area (Å²) in [5.74, 6) is -0.613. The van der Waals surface area contributed by atoms with Crippen molar-refractivity contribution in [1.82, 2.24) is 0 Å². The summed E-state index contributed by atoms with van der Waals surface area (Å²) in [5, 5.41) is 8.00. The molecule has 0 saturated carbocycles. The lowest BCUT2D eigenvalue weighted by atomic mass is 10.1. The summed E-state index contributed by atoms with van der Waals surface area (Å²) in [7, 11) is 0. The predicted octanol–water partition coefficient (Wildman–Crippen LogP) is 6.26. The lowest BCUT2D eigenvalue weighted by Gasteiger charge is -2.11. The Morgan fingerprint density at radius 2 is 1.22 bits per heavy atom. The molecule has 0 atom stereocenters. The average Bonchev–Trinajstić information content (AvgIpc) is 2.98. The number of hydrogen-bond donors (Lipinski definition) is 3. The first-order valence-electron chi connectivity index (χ1n) is 14.3. The number of carbonyl (C=O) groups is 2. The summed E-state index contributed by atoms with van der Waals surface area (Å²) in [4.78, 5) is 26.1. The molecule has 7 heteroatoms. The number of amides is 2. The Bertz CT molecular complexity index is 1730. The molecule has 0 aliphatic rings. The standard InChI is InChI=1S/C34H35N5O2/c1-3-5-17-38-19-7-9-24-21-27(12-15-31(24)38)36-33(40)26-11-14-29(30(35)23-26)34(41)37-28-13-16-32-25(22-28)10-8-20-39(32)18-6-4-2/h7-16,19-23H,3-6,17-18H2,1-2H3,(H2-2,35,36,37,40,41)/p+2. The van der Waals surface area contributed by atoms with Crippen molar-refractivity contribution in [3.8, 4) is 0 Å². The number of hydrogen-bond acceptors (Lipinski definition) is 3. The van der Waals surface area contributed by atoms with Crippen molar-refractivity contribution in [2.24, 2.45) is 0 Å². The fourth-order valence-electron chi connectivity index (χ4n) is 5.08. The van der Waals surface area contributed by atoms with Gasteiger partial charge in [0, 0.05) is 70.5 Å². The van der Waals surface area contributed by atoms with Crippen LogP contribution in [0.15, 0.2) is 91.3 Å². The molecule has 5 aromatic rings. The van der Waals surface area contributed by atoms with Gasteiger partial charge in [0.25, 0.3) is 11.8 Å². The molecule has 41 heavy (non-hydrogen) atoms. The first-order valence-corrected chi connectivity index (χ1v) is 14.3. The molecule has 0 spiro atoms. The molecule has 2 heterocycles. The summed E-state index contributed by atoms with van der Waals surface area (Å²) in [5.41, 5.74) is 10.8. The Balaban J connectivity index is 1.28. The zero-order valence-corrected chi connectivity index (χ0v) is 23.7. The van der Waals surface area contributed by atoms with Gasteiger partial charge in [-0.15, -0.1) is 0 Å². The Morgan fingerprint density at radius 1 is 0.683 bits per heavy atom. The molecule has 3 aromatic carbocycles. The monoisotopic (exact) mass is 547 g/mol. The van der Waals surface area contributed by atoms with Crippen LogP contribution >= 0.6 is 0 Å². The Hall–Kier alpha value is -4.78. The van der Waals surface area contributed by atoms with E-state index in [0.29, 0.717) is 22.5 Å². The van der Waals surface area contributed by atoms with Crippen LogP contribution in [0.2, 0.25) is 0 Å². The fourth-order valence-corrected chi connectivity index (χ4v) is 5.08. The molecule has 0 bridgehead atoms. The van der Waals surface area contributed by atoms with Gasteiger partial charge in [-0.05, 0) is 54.6 Å². The van der Waals surface area contributed by atoms with Crippen molar-refractivity contribution in [3.63, 3.8) is 0 Å². The number of benzene rings is 3. The molecule has 0 aliphatic carbocycles. The second-order valence-electron chi connectivity index (χ2n) is 10.4. The number of nitrogen functional groups attached to an aromatic ring is 1. The molecule has 2 aromatic heterocycles. The minimum absolute atomic E-state index is 0.240. The molecule has 0 aliphatic heterocycles. The Labute approximate surface area is 240 Å². The van der Waals surface area contributed by atoms with E-state index in [4.69, 9.17) is 5.73 Å². The molecule has 0 saturated heterocycles. The lowest BCUT2D eigenvalue weighted by molar-refractivity contribution is -0.672. The number of nitrogens with zero attached hydrogens (tertiary/aromatic N) is 2. The van der Waals surface area contributed by atoms with Crippen molar-refractivity contribution in [3.05, 3.63) is 102 Å². The number of unbranched alkanes of at least 4 members (excludes halogenated alkanes) is 2. The van der Waals surface area contributed by atoms with E-state index in [1.54, 1.807) is 18.2 Å². The minimum Gasteiger partial charge on any atom is -0.398 e. The largest absolute Gasteiger partial charge is 0.398 e. The molecule has 0 unspecified atom stereocenters. The molecule has 0 radical (unpaired) electrons. The molecular weight excluding hydrogens is 510 g/mol. The SMILES string of the molecule is CCCC[n+]1cccc2cc(NC(=O)c3ccc(C(=O)Nc4ccc5c(ccc[n+]5CCCC)c4)c(N)c3)ccc21. The van der Waals surface area contributed by atoms with Crippen molar-refractivity contribution < 1.29 is 18.7 Å². The van der Waals surface area contributed by atoms with Crippen molar-refractivity contribution in [1.29, 1.82) is 0 Å². The van der Waals surface area contributed by atoms with Crippen molar-refractivity contribution in [2.45, 2.75) is 52.6 Å². The molecule has 208 valence electrons. The van der Waals surface area contributed by atoms with Gasteiger partial charge in [-0.3, -0.25) is 9.59 Å².